The normalized spacial score (nSPS) is 20.3. The Kier molecular flexibility index (Phi) is 4.86. The summed E-state index contributed by atoms with van der Waals surface area (Å²) in [5.41, 5.74) is 2.71. The highest BCUT2D eigenvalue weighted by Gasteiger charge is 2.35. The average molecular weight is 343 g/mol. The number of carbonyl (C=O) groups excluding carboxylic acids is 2. The number of halogens is 1. The minimum atomic E-state index is -0.316. The highest BCUT2D eigenvalue weighted by atomic mass is 35.5. The molecule has 2 amide bonds. The molecule has 1 aliphatic heterocycles. The molecule has 1 aliphatic rings. The Labute approximate surface area is 146 Å². The van der Waals surface area contributed by atoms with Crippen LogP contribution in [0.3, 0.4) is 0 Å². The van der Waals surface area contributed by atoms with Crippen LogP contribution in [0.15, 0.2) is 48.5 Å². The smallest absolute Gasteiger partial charge is 0.229 e. The number of piperidine rings is 1. The van der Waals surface area contributed by atoms with Gasteiger partial charge in [0.05, 0.1) is 12.0 Å². The molecule has 124 valence electrons. The van der Waals surface area contributed by atoms with Gasteiger partial charge in [0.1, 0.15) is 0 Å². The Morgan fingerprint density at radius 3 is 2.75 bits per heavy atom. The Hall–Kier alpha value is -2.33. The molecule has 2 N–H and O–H groups in total. The van der Waals surface area contributed by atoms with Crippen LogP contribution in [0, 0.1) is 12.8 Å². The van der Waals surface area contributed by atoms with Crippen LogP contribution in [0.1, 0.15) is 30.0 Å². The first-order valence-electron chi connectivity index (χ1n) is 7.95. The molecule has 3 rings (SSSR count). The number of hydrogen-bond donors (Lipinski definition) is 2. The topological polar surface area (TPSA) is 58.2 Å². The van der Waals surface area contributed by atoms with E-state index in [1.807, 2.05) is 31.2 Å². The van der Waals surface area contributed by atoms with E-state index in [9.17, 15) is 9.59 Å². The first kappa shape index (κ1) is 16.5. The molecule has 0 radical (unpaired) electrons. The van der Waals surface area contributed by atoms with Gasteiger partial charge in [-0.1, -0.05) is 47.5 Å². The molecule has 1 heterocycles. The lowest BCUT2D eigenvalue weighted by molar-refractivity contribution is -0.128. The minimum absolute atomic E-state index is 0.0201. The molecule has 2 atom stereocenters. The van der Waals surface area contributed by atoms with Crippen molar-refractivity contribution >= 4 is 29.1 Å². The quantitative estimate of drug-likeness (QED) is 0.890. The van der Waals surface area contributed by atoms with Gasteiger partial charge in [0, 0.05) is 17.1 Å². The van der Waals surface area contributed by atoms with E-state index in [2.05, 4.69) is 10.6 Å². The van der Waals surface area contributed by atoms with Gasteiger partial charge in [-0.25, -0.2) is 0 Å². The highest BCUT2D eigenvalue weighted by Crippen LogP contribution is 2.31. The van der Waals surface area contributed by atoms with E-state index >= 15 is 0 Å². The van der Waals surface area contributed by atoms with Crippen molar-refractivity contribution in [3.63, 3.8) is 0 Å². The summed E-state index contributed by atoms with van der Waals surface area (Å²) >= 11 is 5.97. The molecule has 0 unspecified atom stereocenters. The number of rotatable bonds is 3. The number of carbonyl (C=O) groups is 2. The van der Waals surface area contributed by atoms with Gasteiger partial charge in [-0.05, 0) is 37.1 Å². The second-order valence-corrected chi connectivity index (χ2v) is 6.54. The van der Waals surface area contributed by atoms with Crippen LogP contribution in [0.5, 0.6) is 0 Å². The van der Waals surface area contributed by atoms with E-state index in [4.69, 9.17) is 11.6 Å². The summed E-state index contributed by atoms with van der Waals surface area (Å²) < 4.78 is 0. The molecule has 0 bridgehead atoms. The van der Waals surface area contributed by atoms with Crippen LogP contribution in [-0.4, -0.2) is 11.8 Å². The molecule has 0 aliphatic carbocycles. The maximum absolute atomic E-state index is 12.7. The van der Waals surface area contributed by atoms with E-state index in [1.165, 1.54) is 0 Å². The molecule has 1 saturated heterocycles. The maximum atomic E-state index is 12.7. The molecule has 24 heavy (non-hydrogen) atoms. The van der Waals surface area contributed by atoms with E-state index < -0.39 is 0 Å². The average Bonchev–Trinajstić information content (AvgIpc) is 2.54. The zero-order valence-electron chi connectivity index (χ0n) is 13.4. The van der Waals surface area contributed by atoms with Gasteiger partial charge in [-0.3, -0.25) is 9.59 Å². The van der Waals surface area contributed by atoms with Gasteiger partial charge < -0.3 is 10.6 Å². The number of anilines is 1. The van der Waals surface area contributed by atoms with Crippen molar-refractivity contribution in [3.05, 3.63) is 64.7 Å². The number of hydrogen-bond acceptors (Lipinski definition) is 2. The van der Waals surface area contributed by atoms with Gasteiger partial charge in [0.2, 0.25) is 11.8 Å². The lowest BCUT2D eigenvalue weighted by Crippen LogP contribution is -2.43. The van der Waals surface area contributed by atoms with Gasteiger partial charge in [-0.2, -0.15) is 0 Å². The van der Waals surface area contributed by atoms with E-state index in [0.717, 1.165) is 11.1 Å². The number of nitrogens with one attached hydrogen (secondary N) is 2. The fourth-order valence-corrected chi connectivity index (χ4v) is 3.25. The van der Waals surface area contributed by atoms with Crippen molar-refractivity contribution in [3.8, 4) is 0 Å². The lowest BCUT2D eigenvalue weighted by Gasteiger charge is -2.32. The predicted molar refractivity (Wildman–Crippen MR) is 94.9 cm³/mol. The summed E-state index contributed by atoms with van der Waals surface area (Å²) in [6, 6.07) is 14.6. The molecule has 5 heteroatoms. The summed E-state index contributed by atoms with van der Waals surface area (Å²) in [4.78, 5) is 24.6. The fourth-order valence-electron chi connectivity index (χ4n) is 3.06. The third kappa shape index (κ3) is 3.77. The SMILES string of the molecule is Cc1cccc([C@H]2NC(=O)CC[C@@H]2C(=O)Nc2cccc(Cl)c2)c1. The van der Waals surface area contributed by atoms with Crippen LogP contribution in [0.4, 0.5) is 5.69 Å². The summed E-state index contributed by atoms with van der Waals surface area (Å²) in [5.74, 6) is -0.444. The molecular formula is C19H19ClN2O2. The first-order valence-corrected chi connectivity index (χ1v) is 8.33. The maximum Gasteiger partial charge on any atom is 0.229 e. The van der Waals surface area contributed by atoms with Gasteiger partial charge in [0.15, 0.2) is 0 Å². The third-order valence-corrected chi connectivity index (χ3v) is 4.47. The Balaban J connectivity index is 1.83. The van der Waals surface area contributed by atoms with Crippen LogP contribution in [0.25, 0.3) is 0 Å². The second kappa shape index (κ2) is 7.05. The Morgan fingerprint density at radius 1 is 1.21 bits per heavy atom. The van der Waals surface area contributed by atoms with Crippen LogP contribution in [-0.2, 0) is 9.59 Å². The fraction of sp³-hybridized carbons (Fsp3) is 0.263. The summed E-state index contributed by atoms with van der Waals surface area (Å²) in [6.45, 7) is 2.00. The van der Waals surface area contributed by atoms with Crippen molar-refractivity contribution in [1.82, 2.24) is 5.32 Å². The van der Waals surface area contributed by atoms with Crippen molar-refractivity contribution < 1.29 is 9.59 Å². The number of amides is 2. The van der Waals surface area contributed by atoms with Crippen molar-refractivity contribution in [2.24, 2.45) is 5.92 Å². The molecule has 0 saturated carbocycles. The number of benzene rings is 2. The Morgan fingerprint density at radius 2 is 2.00 bits per heavy atom. The summed E-state index contributed by atoms with van der Waals surface area (Å²) in [5, 5.41) is 6.44. The molecular weight excluding hydrogens is 324 g/mol. The largest absolute Gasteiger partial charge is 0.348 e. The zero-order chi connectivity index (χ0) is 17.1. The second-order valence-electron chi connectivity index (χ2n) is 6.10. The minimum Gasteiger partial charge on any atom is -0.348 e. The van der Waals surface area contributed by atoms with Crippen molar-refractivity contribution in [1.29, 1.82) is 0 Å². The van der Waals surface area contributed by atoms with Crippen molar-refractivity contribution in [2.75, 3.05) is 5.32 Å². The van der Waals surface area contributed by atoms with Crippen LogP contribution >= 0.6 is 11.6 Å². The molecule has 2 aromatic carbocycles. The molecule has 1 fully saturated rings. The monoisotopic (exact) mass is 342 g/mol. The van der Waals surface area contributed by atoms with Crippen LogP contribution in [0.2, 0.25) is 5.02 Å². The van der Waals surface area contributed by atoms with E-state index in [1.54, 1.807) is 24.3 Å². The molecule has 2 aromatic rings. The standard InChI is InChI=1S/C19H19ClN2O2/c1-12-4-2-5-13(10-12)18-16(8-9-17(23)22-18)19(24)21-15-7-3-6-14(20)11-15/h2-7,10-11,16,18H,8-9H2,1H3,(H,21,24)(H,22,23)/t16-,18+/m0/s1. The van der Waals surface area contributed by atoms with Crippen molar-refractivity contribution in [2.45, 2.75) is 25.8 Å². The van der Waals surface area contributed by atoms with Gasteiger partial charge in [-0.15, -0.1) is 0 Å². The summed E-state index contributed by atoms with van der Waals surface area (Å²) in [7, 11) is 0. The van der Waals surface area contributed by atoms with E-state index in [0.29, 0.717) is 23.6 Å². The molecule has 0 aromatic heterocycles. The first-order chi connectivity index (χ1) is 11.5. The highest BCUT2D eigenvalue weighted by molar-refractivity contribution is 6.30. The number of aryl methyl sites for hydroxylation is 1. The van der Waals surface area contributed by atoms with Crippen LogP contribution < -0.4 is 10.6 Å². The lowest BCUT2D eigenvalue weighted by atomic mass is 9.85. The van der Waals surface area contributed by atoms with Gasteiger partial charge >= 0.3 is 0 Å². The molecule has 4 nitrogen and oxygen atoms in total. The van der Waals surface area contributed by atoms with Gasteiger partial charge in [0.25, 0.3) is 0 Å². The molecule has 0 spiro atoms. The Bertz CT molecular complexity index is 775. The summed E-state index contributed by atoms with van der Waals surface area (Å²) in [6.07, 6.45) is 0.882. The predicted octanol–water partition coefficient (Wildman–Crippen LogP) is 3.85. The third-order valence-electron chi connectivity index (χ3n) is 4.23. The zero-order valence-corrected chi connectivity index (χ0v) is 14.1. The van der Waals surface area contributed by atoms with E-state index in [-0.39, 0.29) is 23.8 Å².